The molecule has 1 aromatic carbocycles. The van der Waals surface area contributed by atoms with Gasteiger partial charge in [-0.1, -0.05) is 0 Å². The molecule has 0 radical (unpaired) electrons. The number of carbonyl (C=O) groups is 1. The van der Waals surface area contributed by atoms with Gasteiger partial charge in [-0.3, -0.25) is 9.69 Å². The largest absolute Gasteiger partial charge is 0.383 e. The van der Waals surface area contributed by atoms with Gasteiger partial charge in [-0.2, -0.15) is 0 Å². The van der Waals surface area contributed by atoms with Gasteiger partial charge in [-0.05, 0) is 69.3 Å². The number of ether oxygens (including phenoxy) is 2. The van der Waals surface area contributed by atoms with Crippen molar-refractivity contribution >= 4 is 17.3 Å². The number of hydrogen-bond donors (Lipinski definition) is 0. The Balaban J connectivity index is 1.22. The number of nitrogens with zero attached hydrogens (tertiary/aromatic N) is 3. The van der Waals surface area contributed by atoms with Crippen LogP contribution in [0.4, 0.5) is 11.4 Å². The van der Waals surface area contributed by atoms with Crippen LogP contribution in [0.1, 0.15) is 38.5 Å². The van der Waals surface area contributed by atoms with E-state index in [0.717, 1.165) is 64.4 Å². The van der Waals surface area contributed by atoms with Gasteiger partial charge in [0.05, 0.1) is 12.0 Å². The standard InChI is InChI=1S/C24H35N3O3/c1-29-18-22-3-2-12-26(22)21-8-13-25(17-21)19-4-6-20(7-5-19)27-14-9-24(23(27)28)10-15-30-16-11-24/h4-7,21-22H,2-3,8-18H2,1H3. The molecule has 6 heteroatoms. The average molecular weight is 414 g/mol. The molecule has 0 saturated carbocycles. The van der Waals surface area contributed by atoms with Crippen LogP contribution < -0.4 is 9.80 Å². The van der Waals surface area contributed by atoms with Crippen LogP contribution in [0.3, 0.4) is 0 Å². The van der Waals surface area contributed by atoms with E-state index in [2.05, 4.69) is 34.1 Å². The molecule has 2 unspecified atom stereocenters. The van der Waals surface area contributed by atoms with E-state index in [1.807, 2.05) is 12.0 Å². The molecule has 2 atom stereocenters. The van der Waals surface area contributed by atoms with E-state index in [1.54, 1.807) is 0 Å². The van der Waals surface area contributed by atoms with E-state index >= 15 is 0 Å². The van der Waals surface area contributed by atoms with Gasteiger partial charge in [0.1, 0.15) is 0 Å². The minimum Gasteiger partial charge on any atom is -0.383 e. The lowest BCUT2D eigenvalue weighted by Crippen LogP contribution is -2.42. The Hall–Kier alpha value is -1.63. The van der Waals surface area contributed by atoms with Crippen LogP contribution in [0.5, 0.6) is 0 Å². The van der Waals surface area contributed by atoms with Gasteiger partial charge in [-0.15, -0.1) is 0 Å². The molecule has 4 heterocycles. The zero-order valence-electron chi connectivity index (χ0n) is 18.2. The molecule has 5 rings (SSSR count). The van der Waals surface area contributed by atoms with Crippen LogP contribution in [-0.4, -0.2) is 76.0 Å². The molecule has 1 spiro atoms. The SMILES string of the molecule is COCC1CCCN1C1CCN(c2ccc(N3CCC4(CCOCC4)C3=O)cc2)C1. The summed E-state index contributed by atoms with van der Waals surface area (Å²) in [6.07, 6.45) is 6.47. The number of benzene rings is 1. The molecule has 164 valence electrons. The normalized spacial score (nSPS) is 29.4. The number of hydrogen-bond acceptors (Lipinski definition) is 5. The summed E-state index contributed by atoms with van der Waals surface area (Å²) in [6, 6.07) is 9.90. The Labute approximate surface area is 180 Å². The Morgan fingerprint density at radius 3 is 2.57 bits per heavy atom. The van der Waals surface area contributed by atoms with E-state index in [9.17, 15) is 4.79 Å². The summed E-state index contributed by atoms with van der Waals surface area (Å²) < 4.78 is 10.9. The van der Waals surface area contributed by atoms with Gasteiger partial charge in [0.15, 0.2) is 0 Å². The zero-order valence-corrected chi connectivity index (χ0v) is 18.2. The molecule has 1 amide bonds. The molecule has 4 aliphatic rings. The number of amides is 1. The van der Waals surface area contributed by atoms with Crippen molar-refractivity contribution < 1.29 is 14.3 Å². The van der Waals surface area contributed by atoms with Gasteiger partial charge in [0, 0.05) is 63.4 Å². The molecular formula is C24H35N3O3. The fraction of sp³-hybridized carbons (Fsp3) is 0.708. The topological polar surface area (TPSA) is 45.2 Å². The third-order valence-electron chi connectivity index (χ3n) is 7.90. The van der Waals surface area contributed by atoms with Gasteiger partial charge in [0.25, 0.3) is 0 Å². The summed E-state index contributed by atoms with van der Waals surface area (Å²) in [5.41, 5.74) is 2.15. The Morgan fingerprint density at radius 1 is 1.03 bits per heavy atom. The monoisotopic (exact) mass is 413 g/mol. The number of methoxy groups -OCH3 is 1. The zero-order chi connectivity index (χ0) is 20.6. The lowest BCUT2D eigenvalue weighted by Gasteiger charge is -2.31. The molecule has 30 heavy (non-hydrogen) atoms. The van der Waals surface area contributed by atoms with Crippen LogP contribution in [0.2, 0.25) is 0 Å². The highest BCUT2D eigenvalue weighted by molar-refractivity contribution is 6.00. The molecule has 4 aliphatic heterocycles. The summed E-state index contributed by atoms with van der Waals surface area (Å²) >= 11 is 0. The maximum Gasteiger partial charge on any atom is 0.233 e. The Morgan fingerprint density at radius 2 is 1.80 bits per heavy atom. The summed E-state index contributed by atoms with van der Waals surface area (Å²) in [6.45, 7) is 6.52. The van der Waals surface area contributed by atoms with Crippen molar-refractivity contribution in [1.29, 1.82) is 0 Å². The Kier molecular flexibility index (Phi) is 5.73. The van der Waals surface area contributed by atoms with Crippen molar-refractivity contribution in [2.24, 2.45) is 5.41 Å². The highest BCUT2D eigenvalue weighted by Crippen LogP contribution is 2.42. The summed E-state index contributed by atoms with van der Waals surface area (Å²) in [7, 11) is 1.81. The maximum absolute atomic E-state index is 13.1. The molecule has 0 bridgehead atoms. The van der Waals surface area contributed by atoms with Crippen LogP contribution in [0.25, 0.3) is 0 Å². The molecule has 0 N–H and O–H groups in total. The van der Waals surface area contributed by atoms with E-state index < -0.39 is 0 Å². The fourth-order valence-corrected chi connectivity index (χ4v) is 6.09. The number of carbonyl (C=O) groups excluding carboxylic acids is 1. The van der Waals surface area contributed by atoms with Gasteiger partial charge < -0.3 is 19.3 Å². The lowest BCUT2D eigenvalue weighted by atomic mass is 9.79. The fourth-order valence-electron chi connectivity index (χ4n) is 6.09. The molecule has 0 aliphatic carbocycles. The molecule has 6 nitrogen and oxygen atoms in total. The van der Waals surface area contributed by atoms with Crippen molar-refractivity contribution in [2.45, 2.75) is 50.6 Å². The first-order valence-electron chi connectivity index (χ1n) is 11.7. The number of likely N-dealkylation sites (tertiary alicyclic amines) is 1. The third-order valence-corrected chi connectivity index (χ3v) is 7.90. The molecular weight excluding hydrogens is 378 g/mol. The number of anilines is 2. The second kappa shape index (κ2) is 8.48. The van der Waals surface area contributed by atoms with E-state index in [1.165, 1.54) is 31.5 Å². The van der Waals surface area contributed by atoms with Gasteiger partial charge >= 0.3 is 0 Å². The summed E-state index contributed by atoms with van der Waals surface area (Å²) in [5, 5.41) is 0. The second-order valence-corrected chi connectivity index (χ2v) is 9.49. The highest BCUT2D eigenvalue weighted by Gasteiger charge is 2.47. The van der Waals surface area contributed by atoms with E-state index in [4.69, 9.17) is 9.47 Å². The van der Waals surface area contributed by atoms with Crippen molar-refractivity contribution in [1.82, 2.24) is 4.90 Å². The molecule has 0 aromatic heterocycles. The number of rotatable bonds is 5. The maximum atomic E-state index is 13.1. The average Bonchev–Trinajstić information content (AvgIpc) is 3.50. The molecule has 1 aromatic rings. The first-order chi connectivity index (χ1) is 14.7. The Bertz CT molecular complexity index is 747. The lowest BCUT2D eigenvalue weighted by molar-refractivity contribution is -0.130. The smallest absolute Gasteiger partial charge is 0.233 e. The first kappa shape index (κ1) is 20.3. The second-order valence-electron chi connectivity index (χ2n) is 9.49. The van der Waals surface area contributed by atoms with E-state index in [-0.39, 0.29) is 5.41 Å². The van der Waals surface area contributed by atoms with Gasteiger partial charge in [0.2, 0.25) is 5.91 Å². The van der Waals surface area contributed by atoms with E-state index in [0.29, 0.717) is 18.0 Å². The van der Waals surface area contributed by atoms with Crippen molar-refractivity contribution in [3.63, 3.8) is 0 Å². The van der Waals surface area contributed by atoms with Crippen molar-refractivity contribution in [3.05, 3.63) is 24.3 Å². The minimum atomic E-state index is -0.173. The van der Waals surface area contributed by atoms with Crippen molar-refractivity contribution in [3.8, 4) is 0 Å². The predicted octanol–water partition coefficient (Wildman–Crippen LogP) is 2.91. The first-order valence-corrected chi connectivity index (χ1v) is 11.7. The van der Waals surface area contributed by atoms with Crippen molar-refractivity contribution in [2.75, 3.05) is 62.9 Å². The van der Waals surface area contributed by atoms with Crippen LogP contribution in [0, 0.1) is 5.41 Å². The predicted molar refractivity (Wildman–Crippen MR) is 118 cm³/mol. The highest BCUT2D eigenvalue weighted by atomic mass is 16.5. The third kappa shape index (κ3) is 3.63. The van der Waals surface area contributed by atoms with Gasteiger partial charge in [-0.25, -0.2) is 0 Å². The summed E-state index contributed by atoms with van der Waals surface area (Å²) in [5.74, 6) is 0.304. The summed E-state index contributed by atoms with van der Waals surface area (Å²) in [4.78, 5) is 20.3. The minimum absolute atomic E-state index is 0.173. The molecule has 4 fully saturated rings. The molecule has 4 saturated heterocycles. The van der Waals surface area contributed by atoms with Crippen LogP contribution in [-0.2, 0) is 14.3 Å². The quantitative estimate of drug-likeness (QED) is 0.743. The van der Waals surface area contributed by atoms with Crippen LogP contribution in [0.15, 0.2) is 24.3 Å². The van der Waals surface area contributed by atoms with Crippen LogP contribution >= 0.6 is 0 Å².